The SMILES string of the molecule is O=C(O)c1ccc(F)cc1-c1cccc(S(=O)(=O)N2CCCC2)c1. The van der Waals surface area contributed by atoms with Gasteiger partial charge in [-0.3, -0.25) is 0 Å². The Morgan fingerprint density at radius 1 is 1.08 bits per heavy atom. The molecule has 1 fully saturated rings. The van der Waals surface area contributed by atoms with Crippen LogP contribution in [0.1, 0.15) is 23.2 Å². The zero-order valence-electron chi connectivity index (χ0n) is 12.8. The van der Waals surface area contributed by atoms with Crippen LogP contribution < -0.4 is 0 Å². The summed E-state index contributed by atoms with van der Waals surface area (Å²) >= 11 is 0. The number of sulfonamides is 1. The second-order valence-electron chi connectivity index (χ2n) is 5.63. The molecule has 2 aromatic rings. The quantitative estimate of drug-likeness (QED) is 0.921. The van der Waals surface area contributed by atoms with E-state index in [1.165, 1.54) is 28.6 Å². The molecule has 1 saturated heterocycles. The summed E-state index contributed by atoms with van der Waals surface area (Å²) in [5, 5.41) is 9.27. The summed E-state index contributed by atoms with van der Waals surface area (Å²) in [6.45, 7) is 0.958. The molecule has 0 unspecified atom stereocenters. The highest BCUT2D eigenvalue weighted by molar-refractivity contribution is 7.89. The van der Waals surface area contributed by atoms with Gasteiger partial charge < -0.3 is 5.11 Å². The van der Waals surface area contributed by atoms with Crippen molar-refractivity contribution in [3.63, 3.8) is 0 Å². The van der Waals surface area contributed by atoms with E-state index in [2.05, 4.69) is 0 Å². The normalized spacial score (nSPS) is 15.5. The molecule has 0 aliphatic carbocycles. The first kappa shape index (κ1) is 16.6. The summed E-state index contributed by atoms with van der Waals surface area (Å²) in [7, 11) is -3.62. The van der Waals surface area contributed by atoms with Crippen molar-refractivity contribution in [3.8, 4) is 11.1 Å². The minimum Gasteiger partial charge on any atom is -0.478 e. The van der Waals surface area contributed by atoms with Gasteiger partial charge in [0.2, 0.25) is 10.0 Å². The number of aromatic carboxylic acids is 1. The zero-order chi connectivity index (χ0) is 17.3. The number of hydrogen-bond acceptors (Lipinski definition) is 3. The summed E-state index contributed by atoms with van der Waals surface area (Å²) in [6, 6.07) is 9.32. The number of rotatable bonds is 4. The Morgan fingerprint density at radius 2 is 1.79 bits per heavy atom. The molecule has 24 heavy (non-hydrogen) atoms. The summed E-state index contributed by atoms with van der Waals surface area (Å²) in [5.74, 6) is -1.78. The Morgan fingerprint density at radius 3 is 2.46 bits per heavy atom. The van der Waals surface area contributed by atoms with Gasteiger partial charge in [-0.2, -0.15) is 4.31 Å². The van der Waals surface area contributed by atoms with Crippen molar-refractivity contribution in [1.82, 2.24) is 4.31 Å². The predicted molar refractivity (Wildman–Crippen MR) is 86.8 cm³/mol. The largest absolute Gasteiger partial charge is 0.478 e. The fourth-order valence-electron chi connectivity index (χ4n) is 2.84. The van der Waals surface area contributed by atoms with E-state index in [1.54, 1.807) is 6.07 Å². The van der Waals surface area contributed by atoms with Gasteiger partial charge in [0.15, 0.2) is 0 Å². The molecule has 3 rings (SSSR count). The van der Waals surface area contributed by atoms with Crippen molar-refractivity contribution in [2.75, 3.05) is 13.1 Å². The molecule has 1 aliphatic rings. The molecule has 2 aromatic carbocycles. The molecule has 0 spiro atoms. The van der Waals surface area contributed by atoms with Crippen LogP contribution >= 0.6 is 0 Å². The van der Waals surface area contributed by atoms with E-state index in [0.717, 1.165) is 25.0 Å². The number of nitrogens with zero attached hydrogens (tertiary/aromatic N) is 1. The Hall–Kier alpha value is -2.25. The van der Waals surface area contributed by atoms with Crippen molar-refractivity contribution in [1.29, 1.82) is 0 Å². The topological polar surface area (TPSA) is 74.7 Å². The fraction of sp³-hybridized carbons (Fsp3) is 0.235. The van der Waals surface area contributed by atoms with Crippen molar-refractivity contribution >= 4 is 16.0 Å². The summed E-state index contributed by atoms with van der Waals surface area (Å²) < 4.78 is 40.2. The van der Waals surface area contributed by atoms with Crippen LogP contribution in [0.3, 0.4) is 0 Å². The van der Waals surface area contributed by atoms with Gasteiger partial charge in [0.05, 0.1) is 10.5 Å². The van der Waals surface area contributed by atoms with Crippen molar-refractivity contribution in [2.24, 2.45) is 0 Å². The third-order valence-corrected chi connectivity index (χ3v) is 5.95. The lowest BCUT2D eigenvalue weighted by Gasteiger charge is -2.16. The van der Waals surface area contributed by atoms with Crippen LogP contribution in [-0.4, -0.2) is 36.9 Å². The van der Waals surface area contributed by atoms with Gasteiger partial charge in [0.1, 0.15) is 5.82 Å². The van der Waals surface area contributed by atoms with Crippen molar-refractivity contribution in [3.05, 3.63) is 53.8 Å². The number of hydrogen-bond donors (Lipinski definition) is 1. The molecular formula is C17H16FNO4S. The zero-order valence-corrected chi connectivity index (χ0v) is 13.6. The number of carboxylic acid groups (broad SMARTS) is 1. The smallest absolute Gasteiger partial charge is 0.336 e. The highest BCUT2D eigenvalue weighted by atomic mass is 32.2. The molecule has 126 valence electrons. The number of carbonyl (C=O) groups is 1. The molecule has 1 aliphatic heterocycles. The molecular weight excluding hydrogens is 333 g/mol. The number of carboxylic acids is 1. The molecule has 1 N–H and O–H groups in total. The van der Waals surface area contributed by atoms with Gasteiger partial charge in [0.25, 0.3) is 0 Å². The van der Waals surface area contributed by atoms with Crippen molar-refractivity contribution in [2.45, 2.75) is 17.7 Å². The molecule has 0 atom stereocenters. The van der Waals surface area contributed by atoms with Gasteiger partial charge in [-0.1, -0.05) is 12.1 Å². The second-order valence-corrected chi connectivity index (χ2v) is 7.57. The summed E-state index contributed by atoms with van der Waals surface area (Å²) in [5.41, 5.74) is 0.431. The molecule has 1 heterocycles. The lowest BCUT2D eigenvalue weighted by Crippen LogP contribution is -2.27. The van der Waals surface area contributed by atoms with E-state index in [-0.39, 0.29) is 16.0 Å². The van der Waals surface area contributed by atoms with Gasteiger partial charge >= 0.3 is 5.97 Å². The molecule has 0 aromatic heterocycles. The van der Waals surface area contributed by atoms with Gasteiger partial charge in [0, 0.05) is 13.1 Å². The van der Waals surface area contributed by atoms with Crippen LogP contribution in [-0.2, 0) is 10.0 Å². The van der Waals surface area contributed by atoms with E-state index in [4.69, 9.17) is 0 Å². The highest BCUT2D eigenvalue weighted by Crippen LogP contribution is 2.29. The summed E-state index contributed by atoms with van der Waals surface area (Å²) in [6.07, 6.45) is 1.65. The number of halogens is 1. The molecule has 0 saturated carbocycles. The molecule has 0 amide bonds. The third-order valence-electron chi connectivity index (χ3n) is 4.06. The molecule has 7 heteroatoms. The van der Waals surface area contributed by atoms with Gasteiger partial charge in [-0.25, -0.2) is 17.6 Å². The number of benzene rings is 2. The van der Waals surface area contributed by atoms with E-state index in [1.807, 2.05) is 0 Å². The van der Waals surface area contributed by atoms with Crippen LogP contribution in [0.15, 0.2) is 47.4 Å². The van der Waals surface area contributed by atoms with E-state index >= 15 is 0 Å². The van der Waals surface area contributed by atoms with Crippen LogP contribution in [0.4, 0.5) is 4.39 Å². The average molecular weight is 349 g/mol. The minimum absolute atomic E-state index is 0.0767. The van der Waals surface area contributed by atoms with E-state index in [9.17, 15) is 22.7 Å². The first-order valence-corrected chi connectivity index (χ1v) is 8.97. The van der Waals surface area contributed by atoms with Crippen LogP contribution in [0.2, 0.25) is 0 Å². The van der Waals surface area contributed by atoms with Crippen molar-refractivity contribution < 1.29 is 22.7 Å². The molecule has 5 nitrogen and oxygen atoms in total. The Bertz CT molecular complexity index is 889. The first-order chi connectivity index (χ1) is 11.4. The summed E-state index contributed by atoms with van der Waals surface area (Å²) in [4.78, 5) is 11.4. The van der Waals surface area contributed by atoms with Gasteiger partial charge in [-0.05, 0) is 54.3 Å². The maximum atomic E-state index is 13.6. The third kappa shape index (κ3) is 3.05. The minimum atomic E-state index is -3.62. The standard InChI is InChI=1S/C17H16FNO4S/c18-13-6-7-15(17(20)21)16(11-13)12-4-3-5-14(10-12)24(22,23)19-8-1-2-9-19/h3-7,10-11H,1-2,8-9H2,(H,20,21). The van der Waals surface area contributed by atoms with Crippen LogP contribution in [0.25, 0.3) is 11.1 Å². The first-order valence-electron chi connectivity index (χ1n) is 7.53. The van der Waals surface area contributed by atoms with Gasteiger partial charge in [-0.15, -0.1) is 0 Å². The monoisotopic (exact) mass is 349 g/mol. The lowest BCUT2D eigenvalue weighted by atomic mass is 9.99. The van der Waals surface area contributed by atoms with Crippen LogP contribution in [0, 0.1) is 5.82 Å². The van der Waals surface area contributed by atoms with E-state index in [0.29, 0.717) is 18.7 Å². The van der Waals surface area contributed by atoms with E-state index < -0.39 is 21.8 Å². The highest BCUT2D eigenvalue weighted by Gasteiger charge is 2.27. The fourth-order valence-corrected chi connectivity index (χ4v) is 4.41. The maximum Gasteiger partial charge on any atom is 0.336 e. The lowest BCUT2D eigenvalue weighted by molar-refractivity contribution is 0.0697. The maximum absolute atomic E-state index is 13.6. The second kappa shape index (κ2) is 6.33. The van der Waals surface area contributed by atoms with Crippen LogP contribution in [0.5, 0.6) is 0 Å². The Kier molecular flexibility index (Phi) is 4.38. The Labute approximate surface area is 139 Å². The molecule has 0 radical (unpaired) electrons. The predicted octanol–water partition coefficient (Wildman–Crippen LogP) is 2.98. The Balaban J connectivity index is 2.09. The molecule has 0 bridgehead atoms. The average Bonchev–Trinajstić information content (AvgIpc) is 3.10.